The number of hydrogen-bond donors (Lipinski definition) is 0. The van der Waals surface area contributed by atoms with Crippen LogP contribution >= 0.6 is 0 Å². The van der Waals surface area contributed by atoms with Crippen molar-refractivity contribution in [2.24, 2.45) is 0 Å². The summed E-state index contributed by atoms with van der Waals surface area (Å²) in [7, 11) is 0. The molecule has 7 aromatic carbocycles. The molecule has 0 aliphatic rings. The molecule has 44 heavy (non-hydrogen) atoms. The van der Waals surface area contributed by atoms with Gasteiger partial charge in [0.2, 0.25) is 5.89 Å². The van der Waals surface area contributed by atoms with Gasteiger partial charge in [-0.1, -0.05) is 115 Å². The van der Waals surface area contributed by atoms with Crippen LogP contribution in [0.5, 0.6) is 0 Å². The number of oxazole rings is 1. The Kier molecular flexibility index (Phi) is 6.47. The van der Waals surface area contributed by atoms with Crippen LogP contribution in [0.4, 0.5) is 17.1 Å². The zero-order valence-electron chi connectivity index (χ0n) is 24.0. The lowest BCUT2D eigenvalue weighted by atomic mass is 10.0. The summed E-state index contributed by atoms with van der Waals surface area (Å²) in [5.74, 6) is 0.628. The lowest BCUT2D eigenvalue weighted by Gasteiger charge is -2.26. The molecule has 0 fully saturated rings. The minimum Gasteiger partial charge on any atom is -0.436 e. The first-order valence-electron chi connectivity index (χ1n) is 14.8. The molecule has 0 amide bonds. The third-order valence-electron chi connectivity index (χ3n) is 8.10. The third-order valence-corrected chi connectivity index (χ3v) is 8.10. The highest BCUT2D eigenvalue weighted by atomic mass is 16.3. The largest absolute Gasteiger partial charge is 0.436 e. The molecular weight excluding hydrogens is 536 g/mol. The van der Waals surface area contributed by atoms with Crippen LogP contribution in [-0.4, -0.2) is 4.98 Å². The minimum absolute atomic E-state index is 0.628. The van der Waals surface area contributed by atoms with Crippen molar-refractivity contribution in [3.05, 3.63) is 170 Å². The molecule has 3 nitrogen and oxygen atoms in total. The maximum atomic E-state index is 6.22. The molecule has 8 aromatic rings. The van der Waals surface area contributed by atoms with E-state index in [9.17, 15) is 0 Å². The lowest BCUT2D eigenvalue weighted by molar-refractivity contribution is 0.620. The average Bonchev–Trinajstić information content (AvgIpc) is 3.56. The van der Waals surface area contributed by atoms with E-state index < -0.39 is 0 Å². The Bertz CT molecular complexity index is 2100. The van der Waals surface area contributed by atoms with Gasteiger partial charge in [-0.2, -0.15) is 0 Å². The van der Waals surface area contributed by atoms with E-state index in [-0.39, 0.29) is 0 Å². The smallest absolute Gasteiger partial charge is 0.227 e. The maximum absolute atomic E-state index is 6.22. The minimum atomic E-state index is 0.628. The summed E-state index contributed by atoms with van der Waals surface area (Å²) in [6, 6.07) is 59.3. The number of hydrogen-bond acceptors (Lipinski definition) is 3. The average molecular weight is 565 g/mol. The van der Waals surface area contributed by atoms with Gasteiger partial charge in [0, 0.05) is 28.0 Å². The molecule has 0 aliphatic heterocycles. The number of anilines is 3. The molecule has 0 N–H and O–H groups in total. The predicted octanol–water partition coefficient (Wildman–Crippen LogP) is 11.5. The molecule has 1 aromatic heterocycles. The number of fused-ring (bicyclic) bond motifs is 3. The first kappa shape index (κ1) is 25.8. The van der Waals surface area contributed by atoms with E-state index in [0.717, 1.165) is 44.5 Å². The van der Waals surface area contributed by atoms with E-state index in [1.807, 2.05) is 48.5 Å². The van der Waals surface area contributed by atoms with E-state index in [4.69, 9.17) is 9.40 Å². The fourth-order valence-corrected chi connectivity index (χ4v) is 5.86. The highest BCUT2D eigenvalue weighted by Gasteiger charge is 2.16. The normalized spacial score (nSPS) is 11.2. The molecule has 208 valence electrons. The van der Waals surface area contributed by atoms with E-state index in [1.165, 1.54) is 22.3 Å². The van der Waals surface area contributed by atoms with Crippen LogP contribution in [0.25, 0.3) is 55.6 Å². The van der Waals surface area contributed by atoms with Crippen LogP contribution in [0.3, 0.4) is 0 Å². The van der Waals surface area contributed by atoms with E-state index in [0.29, 0.717) is 5.89 Å². The van der Waals surface area contributed by atoms with Crippen molar-refractivity contribution in [3.63, 3.8) is 0 Å². The second kappa shape index (κ2) is 11.0. The van der Waals surface area contributed by atoms with Gasteiger partial charge in [-0.3, -0.25) is 0 Å². The highest BCUT2D eigenvalue weighted by molar-refractivity contribution is 6.06. The van der Waals surface area contributed by atoms with Crippen molar-refractivity contribution in [2.75, 3.05) is 4.90 Å². The van der Waals surface area contributed by atoms with E-state index in [1.54, 1.807) is 0 Å². The Morgan fingerprint density at radius 3 is 1.41 bits per heavy atom. The Morgan fingerprint density at radius 1 is 0.409 bits per heavy atom. The zero-order valence-corrected chi connectivity index (χ0v) is 24.0. The second-order valence-corrected chi connectivity index (χ2v) is 10.9. The fourth-order valence-electron chi connectivity index (χ4n) is 5.86. The van der Waals surface area contributed by atoms with Gasteiger partial charge in [-0.15, -0.1) is 0 Å². The van der Waals surface area contributed by atoms with Crippen LogP contribution in [0, 0.1) is 0 Å². The molecule has 0 bridgehead atoms. The monoisotopic (exact) mass is 564 g/mol. The third kappa shape index (κ3) is 4.81. The lowest BCUT2D eigenvalue weighted by Crippen LogP contribution is -2.09. The maximum Gasteiger partial charge on any atom is 0.227 e. The number of nitrogens with zero attached hydrogens (tertiary/aromatic N) is 2. The summed E-state index contributed by atoms with van der Waals surface area (Å²) in [4.78, 5) is 7.27. The van der Waals surface area contributed by atoms with Crippen LogP contribution in [0.15, 0.2) is 174 Å². The first-order chi connectivity index (χ1) is 21.8. The molecule has 0 unspecified atom stereocenters. The zero-order chi connectivity index (χ0) is 29.3. The van der Waals surface area contributed by atoms with Gasteiger partial charge >= 0.3 is 0 Å². The van der Waals surface area contributed by atoms with Gasteiger partial charge in [0.1, 0.15) is 5.52 Å². The molecule has 0 aliphatic carbocycles. The number of rotatable bonds is 6. The molecule has 0 saturated carbocycles. The highest BCUT2D eigenvalue weighted by Crippen LogP contribution is 2.39. The second-order valence-electron chi connectivity index (χ2n) is 10.9. The molecule has 0 atom stereocenters. The van der Waals surface area contributed by atoms with Gasteiger partial charge in [0.25, 0.3) is 0 Å². The van der Waals surface area contributed by atoms with Crippen molar-refractivity contribution < 1.29 is 4.42 Å². The van der Waals surface area contributed by atoms with Gasteiger partial charge in [-0.25, -0.2) is 4.98 Å². The Labute approximate surface area is 256 Å². The quantitative estimate of drug-likeness (QED) is 0.201. The van der Waals surface area contributed by atoms with Gasteiger partial charge in [-0.05, 0) is 82.2 Å². The van der Waals surface area contributed by atoms with Crippen LogP contribution in [0.1, 0.15) is 0 Å². The summed E-state index contributed by atoms with van der Waals surface area (Å²) < 4.78 is 6.22. The molecule has 8 rings (SSSR count). The Balaban J connectivity index is 1.26. The van der Waals surface area contributed by atoms with Crippen LogP contribution in [0.2, 0.25) is 0 Å². The van der Waals surface area contributed by atoms with Crippen molar-refractivity contribution in [2.45, 2.75) is 0 Å². The fraction of sp³-hybridized carbons (Fsp3) is 0. The Morgan fingerprint density at radius 2 is 0.864 bits per heavy atom. The molecule has 1 heterocycles. The molecular formula is C41H28N2O. The molecule has 0 saturated heterocycles. The van der Waals surface area contributed by atoms with Crippen LogP contribution in [-0.2, 0) is 0 Å². The Hall–Kier alpha value is -5.93. The summed E-state index contributed by atoms with van der Waals surface area (Å²) in [5, 5.41) is 2.17. The molecule has 0 spiro atoms. The van der Waals surface area contributed by atoms with E-state index in [2.05, 4.69) is 126 Å². The predicted molar refractivity (Wildman–Crippen MR) is 183 cm³/mol. The standard InChI is InChI=1S/C41H28N2O/c1-4-10-29(11-5-1)31-16-22-35(23-17-31)43(36-24-18-32(19-25-36)30-12-6-2-7-13-30)37-26-20-33-21-27-39-40(38(33)28-37)42-41(44-39)34-14-8-3-9-15-34/h1-28H. The first-order valence-corrected chi connectivity index (χ1v) is 14.8. The van der Waals surface area contributed by atoms with Gasteiger partial charge < -0.3 is 9.32 Å². The summed E-state index contributed by atoms with van der Waals surface area (Å²) in [6.07, 6.45) is 0. The van der Waals surface area contributed by atoms with Crippen LogP contribution < -0.4 is 4.90 Å². The van der Waals surface area contributed by atoms with Crippen molar-refractivity contribution in [3.8, 4) is 33.7 Å². The SMILES string of the molecule is c1ccc(-c2ccc(N(c3ccc(-c4ccccc4)cc3)c3ccc4ccc5oc(-c6ccccc6)nc5c4c3)cc2)cc1. The summed E-state index contributed by atoms with van der Waals surface area (Å²) in [5.41, 5.74) is 10.6. The number of aromatic nitrogens is 1. The molecule has 0 radical (unpaired) electrons. The summed E-state index contributed by atoms with van der Waals surface area (Å²) in [6.45, 7) is 0. The number of benzene rings is 7. The van der Waals surface area contributed by atoms with Crippen molar-refractivity contribution >= 4 is 38.9 Å². The summed E-state index contributed by atoms with van der Waals surface area (Å²) >= 11 is 0. The van der Waals surface area contributed by atoms with Gasteiger partial charge in [0.15, 0.2) is 5.58 Å². The van der Waals surface area contributed by atoms with Crippen molar-refractivity contribution in [1.29, 1.82) is 0 Å². The van der Waals surface area contributed by atoms with E-state index >= 15 is 0 Å². The van der Waals surface area contributed by atoms with Gasteiger partial charge in [0.05, 0.1) is 0 Å². The molecule has 3 heteroatoms. The van der Waals surface area contributed by atoms with Crippen molar-refractivity contribution in [1.82, 2.24) is 4.98 Å². The topological polar surface area (TPSA) is 29.3 Å².